The minimum atomic E-state index is -0.418. The van der Waals surface area contributed by atoms with Gasteiger partial charge in [-0.15, -0.1) is 0 Å². The molecule has 3 atom stereocenters. The van der Waals surface area contributed by atoms with E-state index in [1.54, 1.807) is 0 Å². The molecule has 2 rings (SSSR count). The molecule has 17 heavy (non-hydrogen) atoms. The van der Waals surface area contributed by atoms with Crippen molar-refractivity contribution >= 4 is 0 Å². The Kier molecular flexibility index (Phi) is 4.83. The van der Waals surface area contributed by atoms with Gasteiger partial charge >= 0.3 is 0 Å². The highest BCUT2D eigenvalue weighted by molar-refractivity contribution is 4.91. The molecule has 0 bridgehead atoms. The summed E-state index contributed by atoms with van der Waals surface area (Å²) in [5.41, 5.74) is -0.418. The van der Waals surface area contributed by atoms with Gasteiger partial charge < -0.3 is 15.2 Å². The summed E-state index contributed by atoms with van der Waals surface area (Å²) in [4.78, 5) is 0. The Labute approximate surface area is 105 Å². The lowest BCUT2D eigenvalue weighted by Crippen LogP contribution is -2.50. The van der Waals surface area contributed by atoms with Gasteiger partial charge in [0.25, 0.3) is 0 Å². The topological polar surface area (TPSA) is 41.5 Å². The Bertz CT molecular complexity index is 228. The molecule has 0 aromatic heterocycles. The molecule has 2 aliphatic heterocycles. The highest BCUT2D eigenvalue weighted by atomic mass is 16.5. The standard InChI is InChI=1S/C14H27NO2/c1-2-12-11-15-9-8-14(12,16)7-3-5-13-6-4-10-17-13/h12-13,15-16H,2-11H2,1H3. The molecule has 0 aromatic carbocycles. The Hall–Kier alpha value is -0.120. The first kappa shape index (κ1) is 13.3. The molecule has 100 valence electrons. The van der Waals surface area contributed by atoms with Gasteiger partial charge in [-0.1, -0.05) is 6.92 Å². The van der Waals surface area contributed by atoms with Gasteiger partial charge in [0.2, 0.25) is 0 Å². The van der Waals surface area contributed by atoms with E-state index in [2.05, 4.69) is 12.2 Å². The van der Waals surface area contributed by atoms with E-state index < -0.39 is 5.60 Å². The molecule has 2 fully saturated rings. The zero-order valence-electron chi connectivity index (χ0n) is 11.1. The number of nitrogens with one attached hydrogen (secondary N) is 1. The molecule has 0 amide bonds. The fraction of sp³-hybridized carbons (Fsp3) is 1.00. The Morgan fingerprint density at radius 3 is 3.06 bits per heavy atom. The molecule has 3 heteroatoms. The van der Waals surface area contributed by atoms with Gasteiger partial charge in [0.05, 0.1) is 11.7 Å². The molecule has 0 aromatic rings. The summed E-state index contributed by atoms with van der Waals surface area (Å²) in [7, 11) is 0. The highest BCUT2D eigenvalue weighted by Gasteiger charge is 2.37. The summed E-state index contributed by atoms with van der Waals surface area (Å²) in [6.45, 7) is 5.07. The van der Waals surface area contributed by atoms with Crippen molar-refractivity contribution in [2.75, 3.05) is 19.7 Å². The van der Waals surface area contributed by atoms with Crippen LogP contribution in [0.2, 0.25) is 0 Å². The molecular formula is C14H27NO2. The van der Waals surface area contributed by atoms with E-state index in [0.717, 1.165) is 51.8 Å². The van der Waals surface area contributed by atoms with Crippen LogP contribution in [-0.4, -0.2) is 36.5 Å². The predicted octanol–water partition coefficient (Wildman–Crippen LogP) is 2.09. The van der Waals surface area contributed by atoms with E-state index in [1.807, 2.05) is 0 Å². The second-order valence-electron chi connectivity index (χ2n) is 5.69. The van der Waals surface area contributed by atoms with Crippen molar-refractivity contribution < 1.29 is 9.84 Å². The van der Waals surface area contributed by atoms with Crippen LogP contribution >= 0.6 is 0 Å². The predicted molar refractivity (Wildman–Crippen MR) is 69.0 cm³/mol. The summed E-state index contributed by atoms with van der Waals surface area (Å²) in [6.07, 6.45) is 8.09. The number of ether oxygens (including phenoxy) is 1. The van der Waals surface area contributed by atoms with E-state index >= 15 is 0 Å². The summed E-state index contributed by atoms with van der Waals surface area (Å²) < 4.78 is 5.63. The lowest BCUT2D eigenvalue weighted by atomic mass is 9.76. The second-order valence-corrected chi connectivity index (χ2v) is 5.69. The Morgan fingerprint density at radius 2 is 2.35 bits per heavy atom. The summed E-state index contributed by atoms with van der Waals surface area (Å²) >= 11 is 0. The van der Waals surface area contributed by atoms with Gasteiger partial charge in [0.1, 0.15) is 0 Å². The summed E-state index contributed by atoms with van der Waals surface area (Å²) in [5.74, 6) is 0.431. The first-order valence-electron chi connectivity index (χ1n) is 7.29. The summed E-state index contributed by atoms with van der Waals surface area (Å²) in [5, 5.41) is 14.1. The van der Waals surface area contributed by atoms with Crippen molar-refractivity contribution in [2.24, 2.45) is 5.92 Å². The van der Waals surface area contributed by atoms with E-state index in [1.165, 1.54) is 12.8 Å². The molecule has 2 saturated heterocycles. The third-order valence-electron chi connectivity index (χ3n) is 4.54. The van der Waals surface area contributed by atoms with E-state index in [-0.39, 0.29) is 0 Å². The van der Waals surface area contributed by atoms with Gasteiger partial charge in [-0.05, 0) is 57.4 Å². The van der Waals surface area contributed by atoms with Crippen LogP contribution in [0.25, 0.3) is 0 Å². The van der Waals surface area contributed by atoms with Crippen LogP contribution in [-0.2, 0) is 4.74 Å². The van der Waals surface area contributed by atoms with Crippen molar-refractivity contribution in [3.8, 4) is 0 Å². The fourth-order valence-electron chi connectivity index (χ4n) is 3.34. The molecule has 0 saturated carbocycles. The number of hydrogen-bond acceptors (Lipinski definition) is 3. The van der Waals surface area contributed by atoms with E-state index in [4.69, 9.17) is 4.74 Å². The number of rotatable bonds is 5. The van der Waals surface area contributed by atoms with Crippen molar-refractivity contribution in [3.05, 3.63) is 0 Å². The number of piperidine rings is 1. The zero-order valence-corrected chi connectivity index (χ0v) is 11.1. The van der Waals surface area contributed by atoms with Crippen molar-refractivity contribution in [1.82, 2.24) is 5.32 Å². The van der Waals surface area contributed by atoms with Gasteiger partial charge in [-0.25, -0.2) is 0 Å². The second kappa shape index (κ2) is 6.17. The number of aliphatic hydroxyl groups is 1. The molecule has 0 radical (unpaired) electrons. The summed E-state index contributed by atoms with van der Waals surface area (Å²) in [6, 6.07) is 0. The van der Waals surface area contributed by atoms with Crippen LogP contribution in [0, 0.1) is 5.92 Å². The van der Waals surface area contributed by atoms with E-state index in [9.17, 15) is 5.11 Å². The minimum absolute atomic E-state index is 0.418. The Morgan fingerprint density at radius 1 is 1.47 bits per heavy atom. The molecule has 0 aliphatic carbocycles. The lowest BCUT2D eigenvalue weighted by molar-refractivity contribution is -0.0522. The van der Waals surface area contributed by atoms with Crippen LogP contribution < -0.4 is 5.32 Å². The highest BCUT2D eigenvalue weighted by Crippen LogP contribution is 2.32. The smallest absolute Gasteiger partial charge is 0.0699 e. The maximum Gasteiger partial charge on any atom is 0.0699 e. The minimum Gasteiger partial charge on any atom is -0.390 e. The van der Waals surface area contributed by atoms with Crippen molar-refractivity contribution in [3.63, 3.8) is 0 Å². The molecule has 2 N–H and O–H groups in total. The Balaban J connectivity index is 1.74. The van der Waals surface area contributed by atoms with Gasteiger partial charge in [0.15, 0.2) is 0 Å². The lowest BCUT2D eigenvalue weighted by Gasteiger charge is -2.40. The van der Waals surface area contributed by atoms with Crippen LogP contribution in [0.15, 0.2) is 0 Å². The SMILES string of the molecule is CCC1CNCCC1(O)CCCC1CCCO1. The van der Waals surface area contributed by atoms with Crippen molar-refractivity contribution in [2.45, 2.75) is 63.6 Å². The van der Waals surface area contributed by atoms with Crippen LogP contribution in [0.4, 0.5) is 0 Å². The first-order chi connectivity index (χ1) is 8.24. The van der Waals surface area contributed by atoms with Crippen LogP contribution in [0.5, 0.6) is 0 Å². The molecule has 0 spiro atoms. The normalized spacial score (nSPS) is 38.5. The third-order valence-corrected chi connectivity index (χ3v) is 4.54. The van der Waals surface area contributed by atoms with Crippen LogP contribution in [0.1, 0.15) is 51.9 Å². The van der Waals surface area contributed by atoms with E-state index in [0.29, 0.717) is 12.0 Å². The number of hydrogen-bond donors (Lipinski definition) is 2. The van der Waals surface area contributed by atoms with Crippen molar-refractivity contribution in [1.29, 1.82) is 0 Å². The molecule has 3 nitrogen and oxygen atoms in total. The van der Waals surface area contributed by atoms with Gasteiger partial charge in [0, 0.05) is 13.2 Å². The van der Waals surface area contributed by atoms with Gasteiger partial charge in [-0.3, -0.25) is 0 Å². The maximum atomic E-state index is 10.7. The third kappa shape index (κ3) is 3.43. The monoisotopic (exact) mass is 241 g/mol. The molecule has 3 unspecified atom stereocenters. The maximum absolute atomic E-state index is 10.7. The molecule has 2 heterocycles. The quantitative estimate of drug-likeness (QED) is 0.774. The first-order valence-corrected chi connectivity index (χ1v) is 7.29. The fourth-order valence-corrected chi connectivity index (χ4v) is 3.34. The molecular weight excluding hydrogens is 214 g/mol. The average molecular weight is 241 g/mol. The van der Waals surface area contributed by atoms with Gasteiger partial charge in [-0.2, -0.15) is 0 Å². The van der Waals surface area contributed by atoms with Crippen LogP contribution in [0.3, 0.4) is 0 Å². The largest absolute Gasteiger partial charge is 0.390 e. The molecule has 2 aliphatic rings. The zero-order chi connectivity index (χ0) is 12.1. The average Bonchev–Trinajstić information content (AvgIpc) is 2.82.